The van der Waals surface area contributed by atoms with Crippen LogP contribution in [0.15, 0.2) is 18.2 Å². The average Bonchev–Trinajstić information content (AvgIpc) is 2.55. The van der Waals surface area contributed by atoms with E-state index in [-0.39, 0.29) is 18.2 Å². The van der Waals surface area contributed by atoms with Crippen LogP contribution in [0.3, 0.4) is 0 Å². The molecule has 7 nitrogen and oxygen atoms in total. The van der Waals surface area contributed by atoms with Crippen LogP contribution in [0.5, 0.6) is 0 Å². The van der Waals surface area contributed by atoms with Gasteiger partial charge in [-0.3, -0.25) is 0 Å². The zero-order valence-electron chi connectivity index (χ0n) is 13.1. The zero-order chi connectivity index (χ0) is 24.1. The van der Waals surface area contributed by atoms with E-state index in [1.165, 1.54) is 0 Å². The van der Waals surface area contributed by atoms with Crippen LogP contribution >= 0.6 is 0 Å². The lowest BCUT2D eigenvalue weighted by atomic mass is 10.3. The molecule has 0 aliphatic heterocycles. The summed E-state index contributed by atoms with van der Waals surface area (Å²) in [6.07, 6.45) is 0. The van der Waals surface area contributed by atoms with Crippen molar-refractivity contribution < 1.29 is 70.1 Å². The van der Waals surface area contributed by atoms with E-state index >= 15 is 4.39 Å². The average molecular weight is 504 g/mol. The Bertz CT molecular complexity index is 1010. The van der Waals surface area contributed by atoms with Gasteiger partial charge in [0.15, 0.2) is 11.6 Å². The number of sulfone groups is 2. The van der Waals surface area contributed by atoms with Gasteiger partial charge in [0, 0.05) is 5.34 Å². The molecule has 0 spiro atoms. The van der Waals surface area contributed by atoms with E-state index in [1.54, 1.807) is 0 Å². The SMILES string of the molecule is O=C(N(F)F)N(c1cccc(F)c1F)C(F)(S(=O)(=O)C(F)(F)F)S(=O)(=O)C(F)(F)F. The van der Waals surface area contributed by atoms with Gasteiger partial charge in [-0.25, -0.2) is 35.3 Å². The van der Waals surface area contributed by atoms with Gasteiger partial charge in [0.2, 0.25) is 0 Å². The van der Waals surface area contributed by atoms with Crippen LogP contribution in [0.1, 0.15) is 0 Å². The Balaban J connectivity index is 4.33. The number of hydrogen-bond donors (Lipinski definition) is 0. The third-order valence-electron chi connectivity index (χ3n) is 3.05. The van der Waals surface area contributed by atoms with Crippen molar-refractivity contribution in [3.63, 3.8) is 0 Å². The number of alkyl halides is 7. The van der Waals surface area contributed by atoms with Crippen molar-refractivity contribution in [1.29, 1.82) is 0 Å². The molecule has 0 aliphatic rings. The quantitative estimate of drug-likeness (QED) is 0.356. The van der Waals surface area contributed by atoms with E-state index in [0.29, 0.717) is 0 Å². The minimum Gasteiger partial charge on any atom is -0.242 e. The summed E-state index contributed by atoms with van der Waals surface area (Å²) in [5.41, 5.74) is -17.2. The zero-order valence-corrected chi connectivity index (χ0v) is 14.8. The van der Waals surface area contributed by atoms with E-state index in [9.17, 15) is 65.7 Å². The highest BCUT2D eigenvalue weighted by Crippen LogP contribution is 2.49. The maximum atomic E-state index is 15.1. The second-order valence-corrected chi connectivity index (χ2v) is 9.11. The number of rotatable bonds is 4. The molecule has 0 heterocycles. The fraction of sp³-hybridized carbons (Fsp3) is 0.300. The van der Waals surface area contributed by atoms with E-state index in [2.05, 4.69) is 0 Å². The lowest BCUT2D eigenvalue weighted by molar-refractivity contribution is -0.0982. The van der Waals surface area contributed by atoms with Crippen LogP contribution in [0.25, 0.3) is 0 Å². The molecule has 0 atom stereocenters. The number of anilines is 1. The molecule has 0 N–H and O–H groups in total. The summed E-state index contributed by atoms with van der Waals surface area (Å²) >= 11 is 0. The number of halogens is 11. The third kappa shape index (κ3) is 3.61. The molecule has 0 radical (unpaired) electrons. The van der Waals surface area contributed by atoms with E-state index < -0.39 is 68.7 Å². The molecule has 0 saturated carbocycles. The first-order valence-corrected chi connectivity index (χ1v) is 9.33. The summed E-state index contributed by atoms with van der Waals surface area (Å²) in [6, 6.07) is -4.06. The first-order chi connectivity index (χ1) is 13.2. The van der Waals surface area contributed by atoms with Crippen LogP contribution in [0.2, 0.25) is 0 Å². The van der Waals surface area contributed by atoms with Gasteiger partial charge >= 0.3 is 41.2 Å². The standard InChI is InChI=1S/C10H3F11N2O5S2/c11-4-2-1-3-5(6(4)12)22(7(24)23(20)21)10(19,29(25,26)8(13,14)15)30(27,28)9(16,17)18/h1-3H. The van der Waals surface area contributed by atoms with Gasteiger partial charge in [-0.1, -0.05) is 15.0 Å². The second-order valence-electron chi connectivity index (χ2n) is 4.83. The first kappa shape index (κ1) is 25.7. The minimum atomic E-state index is -8.45. The molecule has 0 aromatic heterocycles. The minimum absolute atomic E-state index is 0.0284. The number of benzene rings is 1. The van der Waals surface area contributed by atoms with Gasteiger partial charge < -0.3 is 0 Å². The highest BCUT2D eigenvalue weighted by molar-refractivity contribution is 8.11. The smallest absolute Gasteiger partial charge is 0.242 e. The van der Waals surface area contributed by atoms with Crippen LogP contribution in [-0.4, -0.2) is 43.7 Å². The molecule has 30 heavy (non-hydrogen) atoms. The monoisotopic (exact) mass is 504 g/mol. The maximum absolute atomic E-state index is 15.1. The fourth-order valence-electron chi connectivity index (χ4n) is 1.77. The van der Waals surface area contributed by atoms with Gasteiger partial charge in [-0.05, 0) is 12.1 Å². The Labute approximate surface area is 158 Å². The Morgan fingerprint density at radius 1 is 0.800 bits per heavy atom. The molecule has 2 amide bonds. The predicted molar refractivity (Wildman–Crippen MR) is 72.1 cm³/mol. The van der Waals surface area contributed by atoms with Gasteiger partial charge in [-0.2, -0.15) is 30.7 Å². The van der Waals surface area contributed by atoms with Crippen molar-refractivity contribution in [2.75, 3.05) is 4.90 Å². The van der Waals surface area contributed by atoms with Crippen molar-refractivity contribution in [2.24, 2.45) is 0 Å². The van der Waals surface area contributed by atoms with Crippen molar-refractivity contribution in [2.45, 2.75) is 15.5 Å². The molecule has 0 saturated heterocycles. The van der Waals surface area contributed by atoms with Gasteiger partial charge in [0.1, 0.15) is 0 Å². The summed E-state index contributed by atoms with van der Waals surface area (Å²) in [4.78, 5) is 8.88. The molecule has 0 unspecified atom stereocenters. The van der Waals surface area contributed by atoms with Crippen molar-refractivity contribution in [3.05, 3.63) is 29.8 Å². The van der Waals surface area contributed by atoms with Crippen LogP contribution in [-0.2, 0) is 19.7 Å². The largest absolute Gasteiger partial charge is 0.503 e. The van der Waals surface area contributed by atoms with E-state index in [1.807, 2.05) is 0 Å². The fourth-order valence-corrected chi connectivity index (χ4v) is 4.90. The number of carbonyl (C=O) groups is 1. The molecule has 0 bridgehead atoms. The molecular weight excluding hydrogens is 501 g/mol. The lowest BCUT2D eigenvalue weighted by Gasteiger charge is -2.35. The maximum Gasteiger partial charge on any atom is 0.503 e. The molecule has 1 aromatic rings. The number of nitrogens with zero attached hydrogens (tertiary/aromatic N) is 2. The summed E-state index contributed by atoms with van der Waals surface area (Å²) in [6.45, 7) is 0. The number of hydrogen-bond acceptors (Lipinski definition) is 5. The van der Waals surface area contributed by atoms with Gasteiger partial charge in [0.05, 0.1) is 5.69 Å². The van der Waals surface area contributed by atoms with Crippen LogP contribution in [0.4, 0.5) is 59.0 Å². The molecule has 0 aliphatic carbocycles. The first-order valence-electron chi connectivity index (χ1n) is 6.36. The van der Waals surface area contributed by atoms with Crippen molar-refractivity contribution in [3.8, 4) is 0 Å². The van der Waals surface area contributed by atoms with E-state index in [4.69, 9.17) is 0 Å². The molecular formula is C10H3F11N2O5S2. The van der Waals surface area contributed by atoms with Gasteiger partial charge in [0.25, 0.3) is 0 Å². The Morgan fingerprint density at radius 2 is 1.20 bits per heavy atom. The number of carbonyl (C=O) groups excluding carboxylic acids is 1. The summed E-state index contributed by atoms with van der Waals surface area (Å²) in [7, 11) is -16.9. The third-order valence-corrected chi connectivity index (χ3v) is 7.27. The number of urea groups is 1. The molecule has 1 rings (SSSR count). The summed E-state index contributed by atoms with van der Waals surface area (Å²) in [5.74, 6) is -5.17. The van der Waals surface area contributed by atoms with E-state index in [0.717, 1.165) is 0 Å². The Hall–Kier alpha value is -2.38. The highest BCUT2D eigenvalue weighted by Gasteiger charge is 2.79. The van der Waals surface area contributed by atoms with Gasteiger partial charge in [-0.15, -0.1) is 0 Å². The number of amides is 2. The highest BCUT2D eigenvalue weighted by atomic mass is 32.3. The molecule has 0 fully saturated rings. The Morgan fingerprint density at radius 3 is 1.53 bits per heavy atom. The second kappa shape index (κ2) is 7.39. The lowest BCUT2D eigenvalue weighted by Crippen LogP contribution is -2.66. The van der Waals surface area contributed by atoms with Crippen molar-refractivity contribution in [1.82, 2.24) is 5.34 Å². The normalized spacial score (nSPS) is 13.8. The predicted octanol–water partition coefficient (Wildman–Crippen LogP) is 3.41. The van der Waals surface area contributed by atoms with Crippen LogP contribution < -0.4 is 4.90 Å². The molecule has 172 valence electrons. The summed E-state index contributed by atoms with van der Waals surface area (Å²) < 4.78 is 183. The molecule has 1 aromatic carbocycles. The summed E-state index contributed by atoms with van der Waals surface area (Å²) in [5, 5.41) is -3.07. The Kier molecular flexibility index (Phi) is 6.32. The topological polar surface area (TPSA) is 91.8 Å². The van der Waals surface area contributed by atoms with Crippen LogP contribution in [0, 0.1) is 11.6 Å². The molecule has 20 heteroatoms. The van der Waals surface area contributed by atoms with Crippen molar-refractivity contribution >= 4 is 31.4 Å².